The van der Waals surface area contributed by atoms with Crippen LogP contribution in [0, 0.1) is 0 Å². The van der Waals surface area contributed by atoms with E-state index >= 15 is 0 Å². The van der Waals surface area contributed by atoms with Crippen LogP contribution in [0.3, 0.4) is 0 Å². The van der Waals surface area contributed by atoms with Crippen LogP contribution in [-0.4, -0.2) is 29.3 Å². The molecule has 0 heterocycles. The second kappa shape index (κ2) is 5.19. The van der Waals surface area contributed by atoms with E-state index in [1.165, 1.54) is 6.92 Å². The lowest BCUT2D eigenvalue weighted by atomic mass is 9.95. The molecule has 13 heavy (non-hydrogen) atoms. The SMILES string of the molecule is CCC(N)(CC)COC(C)C(=O)O. The first-order chi connectivity index (χ1) is 5.95. The van der Waals surface area contributed by atoms with E-state index in [0.717, 1.165) is 12.8 Å². The van der Waals surface area contributed by atoms with Gasteiger partial charge in [-0.25, -0.2) is 4.79 Å². The lowest BCUT2D eigenvalue weighted by molar-refractivity contribution is -0.150. The minimum absolute atomic E-state index is 0.299. The minimum Gasteiger partial charge on any atom is -0.479 e. The summed E-state index contributed by atoms with van der Waals surface area (Å²) in [4.78, 5) is 10.4. The van der Waals surface area contributed by atoms with Gasteiger partial charge in [0, 0.05) is 5.54 Å². The maximum Gasteiger partial charge on any atom is 0.332 e. The van der Waals surface area contributed by atoms with Crippen molar-refractivity contribution in [3.05, 3.63) is 0 Å². The Hall–Kier alpha value is -0.610. The van der Waals surface area contributed by atoms with Crippen LogP contribution in [0.15, 0.2) is 0 Å². The quantitative estimate of drug-likeness (QED) is 0.653. The highest BCUT2D eigenvalue weighted by Crippen LogP contribution is 2.12. The van der Waals surface area contributed by atoms with Crippen LogP contribution in [0.2, 0.25) is 0 Å². The number of ether oxygens (including phenoxy) is 1. The van der Waals surface area contributed by atoms with Crippen molar-refractivity contribution >= 4 is 5.97 Å². The first-order valence-electron chi connectivity index (χ1n) is 4.58. The maximum atomic E-state index is 10.4. The molecule has 0 saturated heterocycles. The van der Waals surface area contributed by atoms with E-state index in [1.807, 2.05) is 13.8 Å². The van der Waals surface area contributed by atoms with Gasteiger partial charge < -0.3 is 15.6 Å². The van der Waals surface area contributed by atoms with Gasteiger partial charge in [-0.05, 0) is 19.8 Å². The van der Waals surface area contributed by atoms with Crippen LogP contribution in [0.4, 0.5) is 0 Å². The van der Waals surface area contributed by atoms with Crippen LogP contribution in [0.25, 0.3) is 0 Å². The second-order valence-electron chi connectivity index (χ2n) is 3.36. The molecule has 0 rings (SSSR count). The molecular weight excluding hydrogens is 170 g/mol. The topological polar surface area (TPSA) is 72.5 Å². The zero-order valence-corrected chi connectivity index (χ0v) is 8.54. The Kier molecular flexibility index (Phi) is 4.95. The summed E-state index contributed by atoms with van der Waals surface area (Å²) in [5, 5.41) is 8.56. The van der Waals surface area contributed by atoms with Gasteiger partial charge in [0.05, 0.1) is 6.61 Å². The van der Waals surface area contributed by atoms with Crippen molar-refractivity contribution in [3.8, 4) is 0 Å². The summed E-state index contributed by atoms with van der Waals surface area (Å²) in [7, 11) is 0. The second-order valence-corrected chi connectivity index (χ2v) is 3.36. The Balaban J connectivity index is 3.92. The largest absolute Gasteiger partial charge is 0.479 e. The molecule has 0 aliphatic rings. The summed E-state index contributed by atoms with van der Waals surface area (Å²) in [5.41, 5.74) is 5.54. The van der Waals surface area contributed by atoms with Gasteiger partial charge in [-0.2, -0.15) is 0 Å². The van der Waals surface area contributed by atoms with Crippen molar-refractivity contribution in [2.45, 2.75) is 45.3 Å². The molecule has 0 radical (unpaired) electrons. The number of hydrogen-bond acceptors (Lipinski definition) is 3. The van der Waals surface area contributed by atoms with Gasteiger partial charge in [0.1, 0.15) is 0 Å². The smallest absolute Gasteiger partial charge is 0.332 e. The first kappa shape index (κ1) is 12.4. The number of carboxylic acids is 1. The number of carbonyl (C=O) groups is 1. The van der Waals surface area contributed by atoms with E-state index in [0.29, 0.717) is 6.61 Å². The van der Waals surface area contributed by atoms with Gasteiger partial charge in [-0.3, -0.25) is 0 Å². The minimum atomic E-state index is -0.949. The molecule has 0 saturated carbocycles. The van der Waals surface area contributed by atoms with Crippen LogP contribution in [0.1, 0.15) is 33.6 Å². The highest BCUT2D eigenvalue weighted by molar-refractivity contribution is 5.71. The zero-order chi connectivity index (χ0) is 10.5. The summed E-state index contributed by atoms with van der Waals surface area (Å²) < 4.78 is 5.13. The lowest BCUT2D eigenvalue weighted by Gasteiger charge is -2.27. The molecule has 0 aliphatic heterocycles. The molecule has 0 spiro atoms. The fourth-order valence-electron chi connectivity index (χ4n) is 0.816. The number of hydrogen-bond donors (Lipinski definition) is 2. The van der Waals surface area contributed by atoms with Crippen LogP contribution in [0.5, 0.6) is 0 Å². The Labute approximate surface area is 79.1 Å². The van der Waals surface area contributed by atoms with Crippen molar-refractivity contribution in [1.82, 2.24) is 0 Å². The van der Waals surface area contributed by atoms with Crippen LogP contribution in [-0.2, 0) is 9.53 Å². The molecule has 0 aliphatic carbocycles. The molecule has 0 aromatic heterocycles. The Morgan fingerprint density at radius 1 is 1.54 bits per heavy atom. The molecule has 1 unspecified atom stereocenters. The maximum absolute atomic E-state index is 10.4. The van der Waals surface area contributed by atoms with E-state index in [2.05, 4.69) is 0 Å². The van der Waals surface area contributed by atoms with E-state index < -0.39 is 12.1 Å². The highest BCUT2D eigenvalue weighted by atomic mass is 16.5. The van der Waals surface area contributed by atoms with Gasteiger partial charge in [0.25, 0.3) is 0 Å². The Bertz CT molecular complexity index is 166. The summed E-state index contributed by atoms with van der Waals surface area (Å²) in [5.74, 6) is -0.949. The molecule has 1 atom stereocenters. The average molecular weight is 189 g/mol. The summed E-state index contributed by atoms with van der Waals surface area (Å²) in [6.07, 6.45) is 0.798. The van der Waals surface area contributed by atoms with Crippen molar-refractivity contribution in [3.63, 3.8) is 0 Å². The fourth-order valence-corrected chi connectivity index (χ4v) is 0.816. The van der Waals surface area contributed by atoms with E-state index in [9.17, 15) is 4.79 Å². The molecule has 0 fully saturated rings. The van der Waals surface area contributed by atoms with Crippen molar-refractivity contribution < 1.29 is 14.6 Å². The number of rotatable bonds is 6. The average Bonchev–Trinajstić information content (AvgIpc) is 2.13. The summed E-state index contributed by atoms with van der Waals surface area (Å²) >= 11 is 0. The Morgan fingerprint density at radius 2 is 2.00 bits per heavy atom. The van der Waals surface area contributed by atoms with Crippen LogP contribution >= 0.6 is 0 Å². The van der Waals surface area contributed by atoms with E-state index in [4.69, 9.17) is 15.6 Å². The third kappa shape index (κ3) is 4.24. The van der Waals surface area contributed by atoms with E-state index in [1.54, 1.807) is 0 Å². The molecular formula is C9H19NO3. The molecule has 0 aromatic rings. The number of aliphatic carboxylic acids is 1. The van der Waals surface area contributed by atoms with Crippen molar-refractivity contribution in [1.29, 1.82) is 0 Å². The normalized spacial score (nSPS) is 14.2. The zero-order valence-electron chi connectivity index (χ0n) is 8.54. The third-order valence-corrected chi connectivity index (χ3v) is 2.38. The summed E-state index contributed by atoms with van der Waals surface area (Å²) in [6.45, 7) is 5.75. The fraction of sp³-hybridized carbons (Fsp3) is 0.889. The first-order valence-corrected chi connectivity index (χ1v) is 4.58. The number of carboxylic acid groups (broad SMARTS) is 1. The molecule has 0 amide bonds. The number of nitrogens with two attached hydrogens (primary N) is 1. The standard InChI is InChI=1S/C9H19NO3/c1-4-9(10,5-2)6-13-7(3)8(11)12/h7H,4-6,10H2,1-3H3,(H,11,12). The molecule has 4 heteroatoms. The Morgan fingerprint density at radius 3 is 2.31 bits per heavy atom. The predicted molar refractivity (Wildman–Crippen MR) is 50.6 cm³/mol. The van der Waals surface area contributed by atoms with Gasteiger partial charge in [-0.15, -0.1) is 0 Å². The molecule has 0 bridgehead atoms. The van der Waals surface area contributed by atoms with E-state index in [-0.39, 0.29) is 5.54 Å². The molecule has 78 valence electrons. The van der Waals surface area contributed by atoms with Crippen molar-refractivity contribution in [2.75, 3.05) is 6.61 Å². The predicted octanol–water partition coefficient (Wildman–Crippen LogP) is 0.994. The molecule has 0 aromatic carbocycles. The van der Waals surface area contributed by atoms with Crippen LogP contribution < -0.4 is 5.73 Å². The van der Waals surface area contributed by atoms with Gasteiger partial charge in [0.15, 0.2) is 6.10 Å². The lowest BCUT2D eigenvalue weighted by Crippen LogP contribution is -2.44. The van der Waals surface area contributed by atoms with Crippen molar-refractivity contribution in [2.24, 2.45) is 5.73 Å². The van der Waals surface area contributed by atoms with Gasteiger partial charge in [-0.1, -0.05) is 13.8 Å². The third-order valence-electron chi connectivity index (χ3n) is 2.38. The van der Waals surface area contributed by atoms with Gasteiger partial charge in [0.2, 0.25) is 0 Å². The van der Waals surface area contributed by atoms with Gasteiger partial charge >= 0.3 is 5.97 Å². The molecule has 3 N–H and O–H groups in total. The summed E-state index contributed by atoms with van der Waals surface area (Å²) in [6, 6.07) is 0. The molecule has 4 nitrogen and oxygen atoms in total. The highest BCUT2D eigenvalue weighted by Gasteiger charge is 2.23. The monoisotopic (exact) mass is 189 g/mol.